The molecule has 0 bridgehead atoms. The lowest BCUT2D eigenvalue weighted by Crippen LogP contribution is -2.29. The first-order valence-electron chi connectivity index (χ1n) is 7.98. The molecule has 7 nitrogen and oxygen atoms in total. The number of rotatable bonds is 4. The van der Waals surface area contributed by atoms with Gasteiger partial charge in [0.25, 0.3) is 17.7 Å². The first kappa shape index (κ1) is 18.2. The molecule has 1 aliphatic rings. The zero-order valence-electron chi connectivity index (χ0n) is 14.0. The number of imide groups is 1. The summed E-state index contributed by atoms with van der Waals surface area (Å²) < 4.78 is 13.8. The minimum atomic E-state index is -0.772. The zero-order valence-corrected chi connectivity index (χ0v) is 15.6. The third-order valence-corrected chi connectivity index (χ3v) is 5.19. The van der Waals surface area contributed by atoms with Gasteiger partial charge in [0, 0.05) is 0 Å². The van der Waals surface area contributed by atoms with Crippen LogP contribution in [0.1, 0.15) is 36.1 Å². The van der Waals surface area contributed by atoms with Crippen LogP contribution >= 0.6 is 22.9 Å². The first-order valence-corrected chi connectivity index (χ1v) is 9.18. The van der Waals surface area contributed by atoms with Crippen LogP contribution < -0.4 is 5.32 Å². The van der Waals surface area contributed by atoms with E-state index in [1.807, 2.05) is 0 Å². The summed E-state index contributed by atoms with van der Waals surface area (Å²) >= 11 is 6.84. The maximum absolute atomic E-state index is 13.8. The number of fused-ring (bicyclic) bond motifs is 1. The Hall–Kier alpha value is -3.17. The Morgan fingerprint density at radius 3 is 2.39 bits per heavy atom. The van der Waals surface area contributed by atoms with E-state index in [-0.39, 0.29) is 22.3 Å². The fourth-order valence-corrected chi connectivity index (χ4v) is 3.73. The number of benzene rings is 2. The summed E-state index contributed by atoms with van der Waals surface area (Å²) in [7, 11) is 0. The van der Waals surface area contributed by atoms with E-state index >= 15 is 0 Å². The molecule has 3 aromatic rings. The molecule has 0 unspecified atom stereocenters. The maximum atomic E-state index is 13.8. The van der Waals surface area contributed by atoms with Gasteiger partial charge in [-0.05, 0) is 24.3 Å². The summed E-state index contributed by atoms with van der Waals surface area (Å²) in [5.41, 5.74) is 0.362. The van der Waals surface area contributed by atoms with Gasteiger partial charge in [0.05, 0.1) is 28.3 Å². The van der Waals surface area contributed by atoms with Gasteiger partial charge in [-0.25, -0.2) is 4.39 Å². The van der Waals surface area contributed by atoms with Crippen LogP contribution in [0.15, 0.2) is 42.5 Å². The molecule has 140 valence electrons. The number of hydrogen-bond acceptors (Lipinski definition) is 6. The molecular weight excluding hydrogens is 407 g/mol. The van der Waals surface area contributed by atoms with Crippen molar-refractivity contribution < 1.29 is 18.8 Å². The molecule has 10 heteroatoms. The van der Waals surface area contributed by atoms with Crippen LogP contribution in [-0.4, -0.2) is 32.8 Å². The predicted octanol–water partition coefficient (Wildman–Crippen LogP) is 3.38. The summed E-state index contributed by atoms with van der Waals surface area (Å²) in [6.45, 7) is -0.0830. The summed E-state index contributed by atoms with van der Waals surface area (Å²) in [6, 6.07) is 10.4. The molecule has 2 heterocycles. The van der Waals surface area contributed by atoms with Crippen molar-refractivity contribution in [2.24, 2.45) is 0 Å². The Kier molecular flexibility index (Phi) is 4.62. The highest BCUT2D eigenvalue weighted by Gasteiger charge is 2.35. The minimum absolute atomic E-state index is 0.0340. The monoisotopic (exact) mass is 416 g/mol. The Morgan fingerprint density at radius 2 is 1.75 bits per heavy atom. The van der Waals surface area contributed by atoms with Crippen molar-refractivity contribution in [3.8, 4) is 0 Å². The third kappa shape index (κ3) is 3.14. The number of hydrogen-bond donors (Lipinski definition) is 1. The second-order valence-electron chi connectivity index (χ2n) is 5.79. The average molecular weight is 417 g/mol. The number of amides is 3. The van der Waals surface area contributed by atoms with Crippen molar-refractivity contribution in [1.82, 2.24) is 15.1 Å². The molecule has 1 aliphatic heterocycles. The number of nitrogens with one attached hydrogen (secondary N) is 1. The van der Waals surface area contributed by atoms with Gasteiger partial charge in [-0.2, -0.15) is 0 Å². The van der Waals surface area contributed by atoms with E-state index in [1.54, 1.807) is 24.3 Å². The highest BCUT2D eigenvalue weighted by atomic mass is 35.5. The quantitative estimate of drug-likeness (QED) is 0.658. The van der Waals surface area contributed by atoms with E-state index in [4.69, 9.17) is 11.6 Å². The molecule has 0 aliphatic carbocycles. The fourth-order valence-electron chi connectivity index (χ4n) is 2.76. The summed E-state index contributed by atoms with van der Waals surface area (Å²) in [4.78, 5) is 38.1. The number of carbonyl (C=O) groups is 3. The Bertz CT molecular complexity index is 1080. The Labute approximate surface area is 166 Å². The lowest BCUT2D eigenvalue weighted by Gasteiger charge is -2.10. The van der Waals surface area contributed by atoms with E-state index in [0.29, 0.717) is 16.1 Å². The lowest BCUT2D eigenvalue weighted by molar-refractivity contribution is 0.0641. The van der Waals surface area contributed by atoms with Crippen LogP contribution in [0.5, 0.6) is 0 Å². The molecule has 0 spiro atoms. The summed E-state index contributed by atoms with van der Waals surface area (Å²) in [5, 5.41) is 10.5. The van der Waals surface area contributed by atoms with Crippen LogP contribution in [0.25, 0.3) is 0 Å². The van der Waals surface area contributed by atoms with Crippen LogP contribution in [0.4, 0.5) is 9.52 Å². The van der Waals surface area contributed by atoms with Gasteiger partial charge in [-0.1, -0.05) is 41.1 Å². The number of anilines is 1. The van der Waals surface area contributed by atoms with E-state index < -0.39 is 23.5 Å². The van der Waals surface area contributed by atoms with Gasteiger partial charge in [-0.3, -0.25) is 24.6 Å². The number of aromatic nitrogens is 2. The van der Waals surface area contributed by atoms with Gasteiger partial charge in [0.2, 0.25) is 5.13 Å². The van der Waals surface area contributed by atoms with Crippen molar-refractivity contribution in [3.05, 3.63) is 75.0 Å². The van der Waals surface area contributed by atoms with Crippen molar-refractivity contribution in [3.63, 3.8) is 0 Å². The Morgan fingerprint density at radius 1 is 1.07 bits per heavy atom. The normalized spacial score (nSPS) is 13.0. The van der Waals surface area contributed by atoms with Crippen molar-refractivity contribution >= 4 is 45.8 Å². The average Bonchev–Trinajstić information content (AvgIpc) is 3.20. The maximum Gasteiger partial charge on any atom is 0.261 e. The fraction of sp³-hybridized carbons (Fsp3) is 0.0556. The van der Waals surface area contributed by atoms with Gasteiger partial charge >= 0.3 is 0 Å². The summed E-state index contributed by atoms with van der Waals surface area (Å²) in [5.74, 6) is -2.37. The first-order chi connectivity index (χ1) is 13.5. The molecule has 1 aromatic heterocycles. The number of carbonyl (C=O) groups excluding carboxylic acids is 3. The molecule has 0 atom stereocenters. The number of halogens is 2. The van der Waals surface area contributed by atoms with Crippen molar-refractivity contribution in [2.45, 2.75) is 6.54 Å². The lowest BCUT2D eigenvalue weighted by atomic mass is 10.1. The third-order valence-electron chi connectivity index (χ3n) is 4.05. The van der Waals surface area contributed by atoms with Crippen LogP contribution in [-0.2, 0) is 6.54 Å². The molecular formula is C18H10ClFN4O3S. The number of nitrogens with zero attached hydrogens (tertiary/aromatic N) is 3. The molecule has 3 amide bonds. The summed E-state index contributed by atoms with van der Waals surface area (Å²) in [6.07, 6.45) is 0. The van der Waals surface area contributed by atoms with E-state index in [9.17, 15) is 18.8 Å². The van der Waals surface area contributed by atoms with Gasteiger partial charge < -0.3 is 0 Å². The SMILES string of the molecule is O=C(Nc1nnc(CN2C(=O)c3ccccc3C2=O)s1)c1c(F)cccc1Cl. The van der Waals surface area contributed by atoms with Crippen LogP contribution in [0, 0.1) is 5.82 Å². The molecule has 2 aromatic carbocycles. The predicted molar refractivity (Wildman–Crippen MR) is 99.9 cm³/mol. The van der Waals surface area contributed by atoms with Crippen molar-refractivity contribution in [2.75, 3.05) is 5.32 Å². The largest absolute Gasteiger partial charge is 0.296 e. The van der Waals surface area contributed by atoms with Crippen molar-refractivity contribution in [1.29, 1.82) is 0 Å². The smallest absolute Gasteiger partial charge is 0.261 e. The molecule has 1 N–H and O–H groups in total. The van der Waals surface area contributed by atoms with Gasteiger partial charge in [0.1, 0.15) is 10.8 Å². The van der Waals surface area contributed by atoms with E-state index in [1.165, 1.54) is 12.1 Å². The molecule has 0 fully saturated rings. The molecule has 0 saturated carbocycles. The van der Waals surface area contributed by atoms with Crippen LogP contribution in [0.2, 0.25) is 5.02 Å². The zero-order chi connectivity index (χ0) is 19.8. The molecule has 4 rings (SSSR count). The van der Waals surface area contributed by atoms with Gasteiger partial charge in [-0.15, -0.1) is 10.2 Å². The molecule has 0 saturated heterocycles. The second kappa shape index (κ2) is 7.10. The van der Waals surface area contributed by atoms with Gasteiger partial charge in [0.15, 0.2) is 0 Å². The molecule has 0 radical (unpaired) electrons. The second-order valence-corrected chi connectivity index (χ2v) is 7.26. The topological polar surface area (TPSA) is 92.3 Å². The standard InChI is InChI=1S/C18H10ClFN4O3S/c19-11-6-3-7-12(20)14(11)15(25)21-18-23-22-13(28-18)8-24-16(26)9-4-1-2-5-10(9)17(24)27/h1-7H,8H2,(H,21,23,25). The Balaban J connectivity index is 1.49. The molecule has 28 heavy (non-hydrogen) atoms. The van der Waals surface area contributed by atoms with Crippen LogP contribution in [0.3, 0.4) is 0 Å². The minimum Gasteiger partial charge on any atom is -0.296 e. The van der Waals surface area contributed by atoms with E-state index in [2.05, 4.69) is 15.5 Å². The highest BCUT2D eigenvalue weighted by molar-refractivity contribution is 7.15. The highest BCUT2D eigenvalue weighted by Crippen LogP contribution is 2.26. The van der Waals surface area contributed by atoms with E-state index in [0.717, 1.165) is 22.3 Å².